The first kappa shape index (κ1) is 11.7. The first-order valence-corrected chi connectivity index (χ1v) is 5.63. The van der Waals surface area contributed by atoms with Crippen molar-refractivity contribution in [2.75, 3.05) is 11.9 Å². The minimum Gasteiger partial charge on any atom is -0.494 e. The van der Waals surface area contributed by atoms with E-state index in [2.05, 4.69) is 15.3 Å². The molecule has 1 N–H and O–H groups in total. The molecule has 0 saturated heterocycles. The first-order chi connectivity index (χ1) is 8.28. The molecule has 2 aromatic rings. The Kier molecular flexibility index (Phi) is 3.77. The van der Waals surface area contributed by atoms with E-state index in [1.165, 1.54) is 6.33 Å². The lowest BCUT2D eigenvalue weighted by molar-refractivity contribution is 0.340. The van der Waals surface area contributed by atoms with E-state index in [1.807, 2.05) is 31.2 Å². The molecule has 1 heterocycles. The van der Waals surface area contributed by atoms with Gasteiger partial charge in [0.25, 0.3) is 0 Å². The fraction of sp³-hybridized carbons (Fsp3) is 0.167. The highest BCUT2D eigenvalue weighted by Gasteiger charge is 1.98. The lowest BCUT2D eigenvalue weighted by atomic mass is 10.3. The van der Waals surface area contributed by atoms with Crippen molar-refractivity contribution in [3.63, 3.8) is 0 Å². The second-order valence-electron chi connectivity index (χ2n) is 3.31. The van der Waals surface area contributed by atoms with Gasteiger partial charge in [0.1, 0.15) is 23.0 Å². The minimum atomic E-state index is 0.411. The van der Waals surface area contributed by atoms with Crippen LogP contribution in [0.15, 0.2) is 36.7 Å². The van der Waals surface area contributed by atoms with Crippen LogP contribution >= 0.6 is 11.6 Å². The fourth-order valence-electron chi connectivity index (χ4n) is 1.35. The molecule has 0 unspecified atom stereocenters. The number of anilines is 2. The Balaban J connectivity index is 2.08. The van der Waals surface area contributed by atoms with Crippen molar-refractivity contribution in [1.82, 2.24) is 9.97 Å². The molecule has 0 aliphatic rings. The summed E-state index contributed by atoms with van der Waals surface area (Å²) in [5.74, 6) is 1.51. The van der Waals surface area contributed by atoms with E-state index in [-0.39, 0.29) is 0 Å². The molecule has 0 fully saturated rings. The van der Waals surface area contributed by atoms with E-state index < -0.39 is 0 Å². The summed E-state index contributed by atoms with van der Waals surface area (Å²) in [5.41, 5.74) is 0.920. The summed E-state index contributed by atoms with van der Waals surface area (Å²) in [5, 5.41) is 3.53. The van der Waals surface area contributed by atoms with Crippen molar-refractivity contribution in [3.8, 4) is 5.75 Å². The molecule has 1 aromatic heterocycles. The lowest BCUT2D eigenvalue weighted by Crippen LogP contribution is -1.95. The standard InChI is InChI=1S/C12H12ClN3O/c1-2-17-10-5-3-9(4-6-10)16-12-7-11(13)14-8-15-12/h3-8H,2H2,1H3,(H,14,15,16). The molecule has 0 bridgehead atoms. The SMILES string of the molecule is CCOc1ccc(Nc2cc(Cl)ncn2)cc1. The number of nitrogens with one attached hydrogen (secondary N) is 1. The van der Waals surface area contributed by atoms with Crippen molar-refractivity contribution in [3.05, 3.63) is 41.8 Å². The highest BCUT2D eigenvalue weighted by molar-refractivity contribution is 6.29. The zero-order chi connectivity index (χ0) is 12.1. The predicted molar refractivity (Wildman–Crippen MR) is 67.9 cm³/mol. The summed E-state index contributed by atoms with van der Waals surface area (Å²) in [6.07, 6.45) is 1.42. The van der Waals surface area contributed by atoms with Gasteiger partial charge in [-0.2, -0.15) is 0 Å². The average molecular weight is 250 g/mol. The van der Waals surface area contributed by atoms with Gasteiger partial charge in [-0.25, -0.2) is 9.97 Å². The van der Waals surface area contributed by atoms with Crippen LogP contribution in [0.5, 0.6) is 5.75 Å². The number of benzene rings is 1. The summed E-state index contributed by atoms with van der Waals surface area (Å²) in [6, 6.07) is 9.29. The van der Waals surface area contributed by atoms with Gasteiger partial charge in [-0.3, -0.25) is 0 Å². The van der Waals surface area contributed by atoms with Gasteiger partial charge in [0.15, 0.2) is 0 Å². The van der Waals surface area contributed by atoms with Crippen LogP contribution in [0.25, 0.3) is 0 Å². The van der Waals surface area contributed by atoms with E-state index in [4.69, 9.17) is 16.3 Å². The number of rotatable bonds is 4. The number of aromatic nitrogens is 2. The van der Waals surface area contributed by atoms with E-state index in [0.717, 1.165) is 11.4 Å². The summed E-state index contributed by atoms with van der Waals surface area (Å²) in [7, 11) is 0. The molecule has 2 rings (SSSR count). The number of halogens is 1. The summed E-state index contributed by atoms with van der Waals surface area (Å²) in [4.78, 5) is 7.87. The van der Waals surface area contributed by atoms with Crippen molar-refractivity contribution in [2.45, 2.75) is 6.92 Å². The van der Waals surface area contributed by atoms with Crippen molar-refractivity contribution >= 4 is 23.1 Å². The maximum absolute atomic E-state index is 5.77. The van der Waals surface area contributed by atoms with Gasteiger partial charge in [-0.1, -0.05) is 11.6 Å². The summed E-state index contributed by atoms with van der Waals surface area (Å²) in [6.45, 7) is 2.61. The molecule has 0 saturated carbocycles. The Morgan fingerprint density at radius 2 is 2.00 bits per heavy atom. The predicted octanol–water partition coefficient (Wildman–Crippen LogP) is 3.27. The number of ether oxygens (including phenoxy) is 1. The van der Waals surface area contributed by atoms with Crippen LogP contribution in [-0.4, -0.2) is 16.6 Å². The van der Waals surface area contributed by atoms with Crippen LogP contribution in [0.2, 0.25) is 5.15 Å². The van der Waals surface area contributed by atoms with Crippen LogP contribution < -0.4 is 10.1 Å². The molecule has 0 radical (unpaired) electrons. The maximum atomic E-state index is 5.77. The number of hydrogen-bond donors (Lipinski definition) is 1. The minimum absolute atomic E-state index is 0.411. The second kappa shape index (κ2) is 5.50. The molecule has 0 aliphatic heterocycles. The second-order valence-corrected chi connectivity index (χ2v) is 3.70. The fourth-order valence-corrected chi connectivity index (χ4v) is 1.50. The first-order valence-electron chi connectivity index (χ1n) is 5.25. The summed E-state index contributed by atoms with van der Waals surface area (Å²) < 4.78 is 5.36. The third-order valence-electron chi connectivity index (χ3n) is 2.07. The number of nitrogens with zero attached hydrogens (tertiary/aromatic N) is 2. The molecule has 0 aliphatic carbocycles. The molecule has 1 aromatic carbocycles. The molecule has 0 spiro atoms. The topological polar surface area (TPSA) is 47.0 Å². The van der Waals surface area contributed by atoms with Gasteiger partial charge in [-0.05, 0) is 31.2 Å². The Morgan fingerprint density at radius 3 is 2.65 bits per heavy atom. The lowest BCUT2D eigenvalue weighted by Gasteiger charge is -2.07. The van der Waals surface area contributed by atoms with Crippen LogP contribution in [0.4, 0.5) is 11.5 Å². The highest BCUT2D eigenvalue weighted by Crippen LogP contribution is 2.19. The summed E-state index contributed by atoms with van der Waals surface area (Å²) >= 11 is 5.77. The molecule has 88 valence electrons. The van der Waals surface area contributed by atoms with E-state index in [0.29, 0.717) is 17.6 Å². The zero-order valence-electron chi connectivity index (χ0n) is 9.35. The molecular formula is C12H12ClN3O. The van der Waals surface area contributed by atoms with Crippen LogP contribution in [0.3, 0.4) is 0 Å². The molecule has 0 amide bonds. The highest BCUT2D eigenvalue weighted by atomic mass is 35.5. The van der Waals surface area contributed by atoms with Crippen molar-refractivity contribution < 1.29 is 4.74 Å². The average Bonchev–Trinajstić information content (AvgIpc) is 2.32. The number of hydrogen-bond acceptors (Lipinski definition) is 4. The normalized spacial score (nSPS) is 10.0. The van der Waals surface area contributed by atoms with Crippen molar-refractivity contribution in [2.24, 2.45) is 0 Å². The van der Waals surface area contributed by atoms with Gasteiger partial charge >= 0.3 is 0 Å². The monoisotopic (exact) mass is 249 g/mol. The van der Waals surface area contributed by atoms with Gasteiger partial charge < -0.3 is 10.1 Å². The van der Waals surface area contributed by atoms with Crippen LogP contribution in [-0.2, 0) is 0 Å². The van der Waals surface area contributed by atoms with E-state index in [1.54, 1.807) is 6.07 Å². The van der Waals surface area contributed by atoms with Crippen LogP contribution in [0, 0.1) is 0 Å². The Morgan fingerprint density at radius 1 is 1.24 bits per heavy atom. The van der Waals surface area contributed by atoms with Gasteiger partial charge in [-0.15, -0.1) is 0 Å². The third kappa shape index (κ3) is 3.32. The molecule has 0 atom stereocenters. The quantitative estimate of drug-likeness (QED) is 0.845. The molecule has 17 heavy (non-hydrogen) atoms. The van der Waals surface area contributed by atoms with Gasteiger partial charge in [0, 0.05) is 11.8 Å². The maximum Gasteiger partial charge on any atom is 0.135 e. The Labute approximate surface area is 105 Å². The van der Waals surface area contributed by atoms with Crippen molar-refractivity contribution in [1.29, 1.82) is 0 Å². The molecular weight excluding hydrogens is 238 g/mol. The smallest absolute Gasteiger partial charge is 0.135 e. The molecule has 5 heteroatoms. The van der Waals surface area contributed by atoms with E-state index >= 15 is 0 Å². The van der Waals surface area contributed by atoms with E-state index in [9.17, 15) is 0 Å². The largest absolute Gasteiger partial charge is 0.494 e. The Hall–Kier alpha value is -1.81. The van der Waals surface area contributed by atoms with Crippen LogP contribution in [0.1, 0.15) is 6.92 Å². The Bertz CT molecular complexity index is 487. The van der Waals surface area contributed by atoms with Gasteiger partial charge in [0.05, 0.1) is 6.61 Å². The zero-order valence-corrected chi connectivity index (χ0v) is 10.1. The third-order valence-corrected chi connectivity index (χ3v) is 2.28. The van der Waals surface area contributed by atoms with Gasteiger partial charge in [0.2, 0.25) is 0 Å². The molecule has 4 nitrogen and oxygen atoms in total.